The van der Waals surface area contributed by atoms with E-state index in [1.165, 1.54) is 16.8 Å². The van der Waals surface area contributed by atoms with Gasteiger partial charge in [0.15, 0.2) is 0 Å². The highest BCUT2D eigenvalue weighted by Crippen LogP contribution is 2.25. The van der Waals surface area contributed by atoms with Gasteiger partial charge in [-0.2, -0.15) is 0 Å². The summed E-state index contributed by atoms with van der Waals surface area (Å²) in [5.74, 6) is 0.981. The second-order valence-corrected chi connectivity index (χ2v) is 6.77. The third kappa shape index (κ3) is 2.84. The van der Waals surface area contributed by atoms with Crippen LogP contribution in [0.5, 0.6) is 0 Å². The summed E-state index contributed by atoms with van der Waals surface area (Å²) in [7, 11) is 0. The van der Waals surface area contributed by atoms with Gasteiger partial charge in [0.25, 0.3) is 0 Å². The molecule has 1 aromatic rings. The van der Waals surface area contributed by atoms with Gasteiger partial charge in [0.05, 0.1) is 5.92 Å². The predicted molar refractivity (Wildman–Crippen MR) is 90.2 cm³/mol. The van der Waals surface area contributed by atoms with Crippen LogP contribution in [0.15, 0.2) is 18.2 Å². The standard InChI is InChI=1S/C18H27N3O/c1-13-5-4-6-17(15(13)3)20-7-9-21(10-8-20)18(22)16-12-19-11-14(16)2/h4-6,14,16,19H,7-12H2,1-3H3/t14-,16-/m1/s1. The normalized spacial score (nSPS) is 25.6. The van der Waals surface area contributed by atoms with Crippen LogP contribution in [0.4, 0.5) is 5.69 Å². The van der Waals surface area contributed by atoms with Crippen LogP contribution >= 0.6 is 0 Å². The van der Waals surface area contributed by atoms with E-state index in [2.05, 4.69) is 54.1 Å². The Hall–Kier alpha value is -1.55. The molecular formula is C18H27N3O. The molecule has 2 aliphatic rings. The van der Waals surface area contributed by atoms with Gasteiger partial charge >= 0.3 is 0 Å². The molecule has 22 heavy (non-hydrogen) atoms. The molecule has 0 aromatic heterocycles. The minimum absolute atomic E-state index is 0.173. The van der Waals surface area contributed by atoms with Crippen LogP contribution in [-0.4, -0.2) is 50.1 Å². The van der Waals surface area contributed by atoms with Crippen LogP contribution in [-0.2, 0) is 4.79 Å². The van der Waals surface area contributed by atoms with E-state index in [9.17, 15) is 4.79 Å². The lowest BCUT2D eigenvalue weighted by Crippen LogP contribution is -2.51. The highest BCUT2D eigenvalue weighted by Gasteiger charge is 2.34. The number of anilines is 1. The molecule has 1 N–H and O–H groups in total. The number of rotatable bonds is 2. The number of nitrogens with one attached hydrogen (secondary N) is 1. The molecule has 120 valence electrons. The molecular weight excluding hydrogens is 274 g/mol. The first-order valence-electron chi connectivity index (χ1n) is 8.38. The maximum absolute atomic E-state index is 12.6. The zero-order valence-corrected chi connectivity index (χ0v) is 13.9. The fraction of sp³-hybridized carbons (Fsp3) is 0.611. The molecule has 4 nitrogen and oxygen atoms in total. The summed E-state index contributed by atoms with van der Waals surface area (Å²) in [6, 6.07) is 6.48. The van der Waals surface area contributed by atoms with Crippen LogP contribution in [0.1, 0.15) is 18.1 Å². The van der Waals surface area contributed by atoms with Crippen molar-refractivity contribution in [2.75, 3.05) is 44.2 Å². The molecule has 2 atom stereocenters. The number of carbonyl (C=O) groups is 1. The summed E-state index contributed by atoms with van der Waals surface area (Å²) < 4.78 is 0. The number of carbonyl (C=O) groups excluding carboxylic acids is 1. The van der Waals surface area contributed by atoms with Crippen molar-refractivity contribution in [2.24, 2.45) is 11.8 Å². The van der Waals surface area contributed by atoms with Crippen LogP contribution in [0.3, 0.4) is 0 Å². The lowest BCUT2D eigenvalue weighted by molar-refractivity contribution is -0.136. The minimum Gasteiger partial charge on any atom is -0.368 e. The zero-order valence-electron chi connectivity index (χ0n) is 13.9. The van der Waals surface area contributed by atoms with E-state index in [0.717, 1.165) is 39.3 Å². The van der Waals surface area contributed by atoms with Gasteiger partial charge in [0.2, 0.25) is 5.91 Å². The van der Waals surface area contributed by atoms with Crippen molar-refractivity contribution in [3.8, 4) is 0 Å². The van der Waals surface area contributed by atoms with Gasteiger partial charge < -0.3 is 15.1 Å². The van der Waals surface area contributed by atoms with Gasteiger partial charge in [-0.05, 0) is 43.5 Å². The maximum atomic E-state index is 12.6. The molecule has 2 aliphatic heterocycles. The molecule has 0 aliphatic carbocycles. The Bertz CT molecular complexity index is 549. The first kappa shape index (κ1) is 15.3. The molecule has 4 heteroatoms. The monoisotopic (exact) mass is 301 g/mol. The highest BCUT2D eigenvalue weighted by atomic mass is 16.2. The molecule has 0 spiro atoms. The van der Waals surface area contributed by atoms with E-state index in [1.807, 2.05) is 0 Å². The smallest absolute Gasteiger partial charge is 0.227 e. The first-order valence-corrected chi connectivity index (χ1v) is 8.38. The number of benzene rings is 1. The summed E-state index contributed by atoms with van der Waals surface area (Å²) in [5.41, 5.74) is 4.01. The maximum Gasteiger partial charge on any atom is 0.227 e. The van der Waals surface area contributed by atoms with Crippen molar-refractivity contribution in [1.29, 1.82) is 0 Å². The third-order valence-corrected chi connectivity index (χ3v) is 5.34. The largest absolute Gasteiger partial charge is 0.368 e. The SMILES string of the molecule is Cc1cccc(N2CCN(C(=O)[C@@H]3CNC[C@H]3C)CC2)c1C. The number of piperazine rings is 1. The third-order valence-electron chi connectivity index (χ3n) is 5.34. The van der Waals surface area contributed by atoms with Gasteiger partial charge in [0.1, 0.15) is 0 Å². The van der Waals surface area contributed by atoms with Crippen molar-refractivity contribution < 1.29 is 4.79 Å². The van der Waals surface area contributed by atoms with Crippen LogP contribution in [0.2, 0.25) is 0 Å². The molecule has 2 fully saturated rings. The first-order chi connectivity index (χ1) is 10.6. The topological polar surface area (TPSA) is 35.6 Å². The fourth-order valence-corrected chi connectivity index (χ4v) is 3.62. The van der Waals surface area contributed by atoms with Crippen LogP contribution < -0.4 is 10.2 Å². The molecule has 0 radical (unpaired) electrons. The Balaban J connectivity index is 1.63. The molecule has 0 unspecified atom stereocenters. The van der Waals surface area contributed by atoms with Crippen LogP contribution in [0, 0.1) is 25.7 Å². The molecule has 0 bridgehead atoms. The quantitative estimate of drug-likeness (QED) is 0.905. The number of aryl methyl sites for hydroxylation is 1. The summed E-state index contributed by atoms with van der Waals surface area (Å²) in [6.45, 7) is 11.9. The van der Waals surface area contributed by atoms with E-state index in [1.54, 1.807) is 0 Å². The van der Waals surface area contributed by atoms with Gasteiger partial charge in [-0.25, -0.2) is 0 Å². The Morgan fingerprint density at radius 3 is 2.50 bits per heavy atom. The Morgan fingerprint density at radius 2 is 1.86 bits per heavy atom. The summed E-state index contributed by atoms with van der Waals surface area (Å²) in [5, 5.41) is 3.33. The molecule has 2 saturated heterocycles. The Kier molecular flexibility index (Phi) is 4.39. The van der Waals surface area contributed by atoms with Crippen molar-refractivity contribution >= 4 is 11.6 Å². The van der Waals surface area contributed by atoms with Crippen molar-refractivity contribution in [2.45, 2.75) is 20.8 Å². The van der Waals surface area contributed by atoms with E-state index in [4.69, 9.17) is 0 Å². The molecule has 2 heterocycles. The number of hydrogen-bond acceptors (Lipinski definition) is 3. The molecule has 0 saturated carbocycles. The lowest BCUT2D eigenvalue weighted by Gasteiger charge is -2.38. The van der Waals surface area contributed by atoms with Crippen molar-refractivity contribution in [3.63, 3.8) is 0 Å². The second kappa shape index (κ2) is 6.29. The average molecular weight is 301 g/mol. The van der Waals surface area contributed by atoms with Crippen molar-refractivity contribution in [1.82, 2.24) is 10.2 Å². The molecule has 1 amide bonds. The predicted octanol–water partition coefficient (Wildman–Crippen LogP) is 1.81. The highest BCUT2D eigenvalue weighted by molar-refractivity contribution is 5.80. The summed E-state index contributed by atoms with van der Waals surface area (Å²) >= 11 is 0. The van der Waals surface area contributed by atoms with E-state index >= 15 is 0 Å². The minimum atomic E-state index is 0.173. The molecule has 3 rings (SSSR count). The molecule has 1 aromatic carbocycles. The fourth-order valence-electron chi connectivity index (χ4n) is 3.62. The van der Waals surface area contributed by atoms with Gasteiger partial charge in [-0.1, -0.05) is 19.1 Å². The summed E-state index contributed by atoms with van der Waals surface area (Å²) in [6.07, 6.45) is 0. The summed E-state index contributed by atoms with van der Waals surface area (Å²) in [4.78, 5) is 17.1. The second-order valence-electron chi connectivity index (χ2n) is 6.77. The van der Waals surface area contributed by atoms with Crippen molar-refractivity contribution in [3.05, 3.63) is 29.3 Å². The Morgan fingerprint density at radius 1 is 1.14 bits per heavy atom. The number of amides is 1. The Labute approximate surface area is 133 Å². The van der Waals surface area contributed by atoms with E-state index in [0.29, 0.717) is 11.8 Å². The van der Waals surface area contributed by atoms with E-state index < -0.39 is 0 Å². The van der Waals surface area contributed by atoms with E-state index in [-0.39, 0.29) is 5.92 Å². The van der Waals surface area contributed by atoms with Gasteiger partial charge in [0, 0.05) is 38.4 Å². The average Bonchev–Trinajstić information content (AvgIpc) is 2.96. The number of hydrogen-bond donors (Lipinski definition) is 1. The van der Waals surface area contributed by atoms with Gasteiger partial charge in [-0.15, -0.1) is 0 Å². The van der Waals surface area contributed by atoms with Crippen LogP contribution in [0.25, 0.3) is 0 Å². The lowest BCUT2D eigenvalue weighted by atomic mass is 9.96. The number of nitrogens with zero attached hydrogens (tertiary/aromatic N) is 2. The van der Waals surface area contributed by atoms with Gasteiger partial charge in [-0.3, -0.25) is 4.79 Å². The zero-order chi connectivity index (χ0) is 15.7.